The first-order valence-electron chi connectivity index (χ1n) is 4.15. The van der Waals surface area contributed by atoms with Gasteiger partial charge < -0.3 is 20.4 Å². The van der Waals surface area contributed by atoms with Crippen molar-refractivity contribution in [1.82, 2.24) is 9.55 Å². The summed E-state index contributed by atoms with van der Waals surface area (Å²) in [5.41, 5.74) is 6.33. The van der Waals surface area contributed by atoms with Crippen molar-refractivity contribution in [2.24, 2.45) is 5.73 Å². The number of hydrogen-bond acceptors (Lipinski definition) is 4. The molecule has 2 heterocycles. The summed E-state index contributed by atoms with van der Waals surface area (Å²) in [5.74, 6) is -0.0906. The van der Waals surface area contributed by atoms with E-state index in [4.69, 9.17) is 5.73 Å². The van der Waals surface area contributed by atoms with Crippen molar-refractivity contribution in [3.05, 3.63) is 22.1 Å². The van der Waals surface area contributed by atoms with Crippen molar-refractivity contribution in [3.8, 4) is 0 Å². The highest BCUT2D eigenvalue weighted by Gasteiger charge is 2.28. The van der Waals surface area contributed by atoms with E-state index in [-0.39, 0.29) is 11.9 Å². The van der Waals surface area contributed by atoms with Gasteiger partial charge in [-0.25, -0.2) is 0 Å². The van der Waals surface area contributed by atoms with Crippen LogP contribution >= 0.6 is 0 Å². The number of nitrogens with zero attached hydrogens (tertiary/aromatic N) is 3. The third-order valence-corrected chi connectivity index (χ3v) is 2.30. The Morgan fingerprint density at radius 2 is 2.54 bits per heavy atom. The van der Waals surface area contributed by atoms with Crippen LogP contribution in [0, 0.1) is 10.1 Å². The molecular weight excluding hydrogens is 172 g/mol. The smallest absolute Gasteiger partial charge is 0.358 e. The van der Waals surface area contributed by atoms with Crippen LogP contribution in [0.5, 0.6) is 0 Å². The topological polar surface area (TPSA) is 87.0 Å². The predicted molar refractivity (Wildman–Crippen MR) is 45.0 cm³/mol. The lowest BCUT2D eigenvalue weighted by molar-refractivity contribution is -0.390. The molecule has 6 nitrogen and oxygen atoms in total. The second-order valence-electron chi connectivity index (χ2n) is 3.15. The Morgan fingerprint density at radius 1 is 1.77 bits per heavy atom. The van der Waals surface area contributed by atoms with Crippen LogP contribution in [-0.4, -0.2) is 14.5 Å². The molecule has 0 aromatic carbocycles. The van der Waals surface area contributed by atoms with Gasteiger partial charge in [0.05, 0.1) is 6.04 Å². The molecule has 0 aliphatic carbocycles. The zero-order chi connectivity index (χ0) is 9.42. The molecule has 70 valence electrons. The van der Waals surface area contributed by atoms with Gasteiger partial charge in [-0.1, -0.05) is 0 Å². The van der Waals surface area contributed by atoms with Crippen LogP contribution in [0.1, 0.15) is 24.6 Å². The number of hydrogen-bond donors (Lipinski definition) is 1. The number of aryl methyl sites for hydroxylation is 1. The molecule has 1 aliphatic heterocycles. The number of fused-ring (bicyclic) bond motifs is 1. The minimum Gasteiger partial charge on any atom is -0.358 e. The van der Waals surface area contributed by atoms with Gasteiger partial charge in [0, 0.05) is 6.54 Å². The van der Waals surface area contributed by atoms with Gasteiger partial charge >= 0.3 is 5.82 Å². The van der Waals surface area contributed by atoms with E-state index < -0.39 is 4.92 Å². The molecule has 1 aliphatic rings. The summed E-state index contributed by atoms with van der Waals surface area (Å²) in [6, 6.07) is -0.239. The van der Waals surface area contributed by atoms with Crippen LogP contribution in [-0.2, 0) is 6.54 Å². The SMILES string of the molecule is NC1CCCn2cnc([N+](=O)[O-])c21. The lowest BCUT2D eigenvalue weighted by Gasteiger charge is -2.18. The van der Waals surface area contributed by atoms with Crippen LogP contribution < -0.4 is 5.73 Å². The molecule has 1 aromatic heterocycles. The Kier molecular flexibility index (Phi) is 1.77. The summed E-state index contributed by atoms with van der Waals surface area (Å²) in [6.07, 6.45) is 3.25. The summed E-state index contributed by atoms with van der Waals surface area (Å²) in [4.78, 5) is 13.8. The van der Waals surface area contributed by atoms with Crippen LogP contribution in [0.2, 0.25) is 0 Å². The summed E-state index contributed by atoms with van der Waals surface area (Å²) in [6.45, 7) is 0.782. The van der Waals surface area contributed by atoms with Crippen molar-refractivity contribution >= 4 is 5.82 Å². The van der Waals surface area contributed by atoms with E-state index in [1.165, 1.54) is 6.33 Å². The molecular formula is C7H10N4O2. The van der Waals surface area contributed by atoms with Crippen molar-refractivity contribution in [2.75, 3.05) is 0 Å². The quantitative estimate of drug-likeness (QED) is 0.508. The lowest BCUT2D eigenvalue weighted by Crippen LogP contribution is -2.21. The van der Waals surface area contributed by atoms with Gasteiger partial charge in [-0.2, -0.15) is 0 Å². The Balaban J connectivity index is 2.50. The first-order chi connectivity index (χ1) is 6.20. The second kappa shape index (κ2) is 2.81. The van der Waals surface area contributed by atoms with Crippen molar-refractivity contribution < 1.29 is 4.92 Å². The summed E-state index contributed by atoms with van der Waals surface area (Å²) in [5, 5.41) is 10.6. The number of nitrogens with two attached hydrogens (primary N) is 1. The second-order valence-corrected chi connectivity index (χ2v) is 3.15. The Labute approximate surface area is 74.5 Å². The van der Waals surface area contributed by atoms with Gasteiger partial charge in [0.2, 0.25) is 6.33 Å². The summed E-state index contributed by atoms with van der Waals surface area (Å²) in [7, 11) is 0. The van der Waals surface area contributed by atoms with Crippen LogP contribution in [0.4, 0.5) is 5.82 Å². The zero-order valence-electron chi connectivity index (χ0n) is 7.01. The highest BCUT2D eigenvalue weighted by molar-refractivity contribution is 5.30. The molecule has 0 bridgehead atoms. The monoisotopic (exact) mass is 182 g/mol. The maximum atomic E-state index is 10.6. The normalized spacial score (nSPS) is 21.2. The summed E-state index contributed by atoms with van der Waals surface area (Å²) >= 11 is 0. The molecule has 0 fully saturated rings. The van der Waals surface area contributed by atoms with Crippen molar-refractivity contribution in [3.63, 3.8) is 0 Å². The van der Waals surface area contributed by atoms with Gasteiger partial charge in [0.15, 0.2) is 0 Å². The lowest BCUT2D eigenvalue weighted by atomic mass is 10.1. The Bertz CT molecular complexity index is 346. The van der Waals surface area contributed by atoms with Gasteiger partial charge in [0.25, 0.3) is 0 Å². The van der Waals surface area contributed by atoms with Crippen molar-refractivity contribution in [2.45, 2.75) is 25.4 Å². The maximum Gasteiger partial charge on any atom is 0.386 e. The van der Waals surface area contributed by atoms with E-state index in [1.807, 2.05) is 0 Å². The number of nitro groups is 1. The molecule has 2 rings (SSSR count). The zero-order valence-corrected chi connectivity index (χ0v) is 7.01. The van der Waals surface area contributed by atoms with E-state index in [1.54, 1.807) is 4.57 Å². The minimum absolute atomic E-state index is 0.0906. The minimum atomic E-state index is -0.475. The molecule has 0 radical (unpaired) electrons. The van der Waals surface area contributed by atoms with E-state index in [0.717, 1.165) is 19.4 Å². The fourth-order valence-electron chi connectivity index (χ4n) is 1.70. The molecule has 6 heteroatoms. The summed E-state index contributed by atoms with van der Waals surface area (Å²) < 4.78 is 1.77. The number of aromatic nitrogens is 2. The molecule has 1 aromatic rings. The fraction of sp³-hybridized carbons (Fsp3) is 0.571. The van der Waals surface area contributed by atoms with E-state index in [2.05, 4.69) is 4.98 Å². The Hall–Kier alpha value is -1.43. The average Bonchev–Trinajstić information content (AvgIpc) is 2.49. The van der Waals surface area contributed by atoms with E-state index >= 15 is 0 Å². The van der Waals surface area contributed by atoms with Gasteiger partial charge in [-0.05, 0) is 22.7 Å². The van der Waals surface area contributed by atoms with Crippen LogP contribution in [0.25, 0.3) is 0 Å². The highest BCUT2D eigenvalue weighted by Crippen LogP contribution is 2.29. The first-order valence-corrected chi connectivity index (χ1v) is 4.15. The van der Waals surface area contributed by atoms with E-state index in [0.29, 0.717) is 5.69 Å². The van der Waals surface area contributed by atoms with Crippen LogP contribution in [0.3, 0.4) is 0 Å². The largest absolute Gasteiger partial charge is 0.386 e. The van der Waals surface area contributed by atoms with Gasteiger partial charge in [-0.15, -0.1) is 0 Å². The number of imidazole rings is 1. The van der Waals surface area contributed by atoms with Gasteiger partial charge in [-0.3, -0.25) is 0 Å². The third kappa shape index (κ3) is 1.19. The average molecular weight is 182 g/mol. The Morgan fingerprint density at radius 3 is 3.23 bits per heavy atom. The molecule has 0 amide bonds. The van der Waals surface area contributed by atoms with E-state index in [9.17, 15) is 10.1 Å². The molecule has 2 N–H and O–H groups in total. The standard InChI is InChI=1S/C7H10N4O2/c8-5-2-1-3-10-4-9-7(6(5)10)11(12)13/h4-5H,1-3,8H2. The molecule has 0 spiro atoms. The highest BCUT2D eigenvalue weighted by atomic mass is 16.6. The number of rotatable bonds is 1. The van der Waals surface area contributed by atoms with Crippen LogP contribution in [0.15, 0.2) is 6.33 Å². The molecule has 1 atom stereocenters. The molecule has 13 heavy (non-hydrogen) atoms. The predicted octanol–water partition coefficient (Wildman–Crippen LogP) is 0.585. The van der Waals surface area contributed by atoms with Gasteiger partial charge in [0.1, 0.15) is 5.69 Å². The maximum absolute atomic E-state index is 10.6. The fourth-order valence-corrected chi connectivity index (χ4v) is 1.70. The molecule has 0 saturated heterocycles. The molecule has 0 saturated carbocycles. The molecule has 1 unspecified atom stereocenters. The third-order valence-electron chi connectivity index (χ3n) is 2.30. The van der Waals surface area contributed by atoms with Crippen molar-refractivity contribution in [1.29, 1.82) is 0 Å². The first kappa shape index (κ1) is 8.18.